The Morgan fingerprint density at radius 1 is 1.14 bits per heavy atom. The zero-order valence-corrected chi connectivity index (χ0v) is 12.7. The Kier molecular flexibility index (Phi) is 3.61. The van der Waals surface area contributed by atoms with E-state index in [2.05, 4.69) is 15.0 Å². The van der Waals surface area contributed by atoms with Crippen molar-refractivity contribution in [3.05, 3.63) is 34.3 Å². The average molecular weight is 323 g/mol. The molecule has 2 heterocycles. The standard InChI is InChI=1S/C14H12Cl2N4O/c1-2-21-10-6-5-9-13(19-10)20-14(18-9)11-7(15)3-4-8(16)12(11)17/h3-6H,2,17H2,1H3,(H,18,19,20). The predicted molar refractivity (Wildman–Crippen MR) is 84.9 cm³/mol. The second-order valence-corrected chi connectivity index (χ2v) is 5.17. The Bertz CT molecular complexity index is 816. The molecule has 0 saturated heterocycles. The van der Waals surface area contributed by atoms with Gasteiger partial charge in [0, 0.05) is 6.07 Å². The van der Waals surface area contributed by atoms with Crippen LogP contribution in [0.2, 0.25) is 10.0 Å². The van der Waals surface area contributed by atoms with Crippen LogP contribution in [0.4, 0.5) is 5.69 Å². The number of nitrogens with two attached hydrogens (primary N) is 1. The highest BCUT2D eigenvalue weighted by atomic mass is 35.5. The molecule has 2 aromatic heterocycles. The van der Waals surface area contributed by atoms with Crippen molar-refractivity contribution in [2.24, 2.45) is 0 Å². The van der Waals surface area contributed by atoms with Crippen LogP contribution in [0.1, 0.15) is 6.92 Å². The van der Waals surface area contributed by atoms with Gasteiger partial charge in [-0.25, -0.2) is 4.98 Å². The molecule has 0 bridgehead atoms. The number of hydrogen-bond acceptors (Lipinski definition) is 4. The number of benzene rings is 1. The van der Waals surface area contributed by atoms with E-state index in [0.717, 1.165) is 5.52 Å². The minimum atomic E-state index is 0.383. The van der Waals surface area contributed by atoms with Crippen LogP contribution in [-0.4, -0.2) is 21.6 Å². The molecular weight excluding hydrogens is 311 g/mol. The van der Waals surface area contributed by atoms with Crippen LogP contribution in [0, 0.1) is 0 Å². The first-order valence-corrected chi connectivity index (χ1v) is 7.09. The summed E-state index contributed by atoms with van der Waals surface area (Å²) >= 11 is 12.2. The maximum absolute atomic E-state index is 6.20. The highest BCUT2D eigenvalue weighted by Gasteiger charge is 2.15. The van der Waals surface area contributed by atoms with Crippen LogP contribution < -0.4 is 10.5 Å². The maximum atomic E-state index is 6.20. The van der Waals surface area contributed by atoms with Gasteiger partial charge >= 0.3 is 0 Å². The van der Waals surface area contributed by atoms with Crippen molar-refractivity contribution in [1.29, 1.82) is 0 Å². The highest BCUT2D eigenvalue weighted by molar-refractivity contribution is 6.37. The van der Waals surface area contributed by atoms with Gasteiger partial charge in [0.15, 0.2) is 5.65 Å². The lowest BCUT2D eigenvalue weighted by molar-refractivity contribution is 0.328. The molecule has 21 heavy (non-hydrogen) atoms. The van der Waals surface area contributed by atoms with Crippen molar-refractivity contribution in [2.45, 2.75) is 6.92 Å². The van der Waals surface area contributed by atoms with E-state index in [1.54, 1.807) is 18.2 Å². The van der Waals surface area contributed by atoms with E-state index < -0.39 is 0 Å². The van der Waals surface area contributed by atoms with Gasteiger partial charge in [-0.2, -0.15) is 4.98 Å². The van der Waals surface area contributed by atoms with Crippen molar-refractivity contribution in [3.63, 3.8) is 0 Å². The second-order valence-electron chi connectivity index (χ2n) is 4.36. The molecule has 0 aliphatic carbocycles. The smallest absolute Gasteiger partial charge is 0.215 e. The quantitative estimate of drug-likeness (QED) is 0.716. The number of fused-ring (bicyclic) bond motifs is 1. The number of nitrogens with one attached hydrogen (secondary N) is 1. The molecule has 0 aliphatic rings. The fraction of sp³-hybridized carbons (Fsp3) is 0.143. The third kappa shape index (κ3) is 2.50. The summed E-state index contributed by atoms with van der Waals surface area (Å²) in [6.07, 6.45) is 0. The number of nitrogens with zero attached hydrogens (tertiary/aromatic N) is 2. The molecule has 0 fully saturated rings. The first kappa shape index (κ1) is 14.0. The topological polar surface area (TPSA) is 76.8 Å². The van der Waals surface area contributed by atoms with Crippen molar-refractivity contribution < 1.29 is 4.74 Å². The lowest BCUT2D eigenvalue weighted by Crippen LogP contribution is -1.94. The fourth-order valence-electron chi connectivity index (χ4n) is 2.03. The number of nitrogen functional groups attached to an aromatic ring is 1. The lowest BCUT2D eigenvalue weighted by Gasteiger charge is -2.06. The summed E-state index contributed by atoms with van der Waals surface area (Å²) in [5, 5.41) is 0.902. The van der Waals surface area contributed by atoms with Crippen LogP contribution in [0.25, 0.3) is 22.6 Å². The summed E-state index contributed by atoms with van der Waals surface area (Å²) in [6.45, 7) is 2.44. The largest absolute Gasteiger partial charge is 0.478 e. The van der Waals surface area contributed by atoms with E-state index in [4.69, 9.17) is 33.7 Å². The van der Waals surface area contributed by atoms with Crippen LogP contribution in [0.3, 0.4) is 0 Å². The molecule has 0 amide bonds. The summed E-state index contributed by atoms with van der Waals surface area (Å²) < 4.78 is 5.36. The van der Waals surface area contributed by atoms with Crippen molar-refractivity contribution in [2.75, 3.05) is 12.3 Å². The maximum Gasteiger partial charge on any atom is 0.215 e. The molecule has 7 heteroatoms. The number of aromatic nitrogens is 3. The lowest BCUT2D eigenvalue weighted by atomic mass is 10.1. The number of H-pyrrole nitrogens is 1. The van der Waals surface area contributed by atoms with Crippen LogP contribution in [0.15, 0.2) is 24.3 Å². The number of hydrogen-bond donors (Lipinski definition) is 2. The predicted octanol–water partition coefficient (Wildman–Crippen LogP) is 3.91. The van der Waals surface area contributed by atoms with E-state index in [1.807, 2.05) is 13.0 Å². The molecule has 0 unspecified atom stereocenters. The van der Waals surface area contributed by atoms with E-state index in [1.165, 1.54) is 0 Å². The summed E-state index contributed by atoms with van der Waals surface area (Å²) in [5.74, 6) is 1.05. The molecule has 3 rings (SSSR count). The molecule has 0 radical (unpaired) electrons. The normalized spacial score (nSPS) is 11.0. The van der Waals surface area contributed by atoms with E-state index in [-0.39, 0.29) is 0 Å². The molecule has 0 spiro atoms. The molecule has 3 aromatic rings. The van der Waals surface area contributed by atoms with Gasteiger partial charge in [-0.05, 0) is 25.1 Å². The van der Waals surface area contributed by atoms with Crippen molar-refractivity contribution in [1.82, 2.24) is 15.0 Å². The van der Waals surface area contributed by atoms with Gasteiger partial charge in [-0.1, -0.05) is 23.2 Å². The van der Waals surface area contributed by atoms with E-state index in [0.29, 0.717) is 45.3 Å². The fourth-order valence-corrected chi connectivity index (χ4v) is 2.44. The number of halogens is 2. The monoisotopic (exact) mass is 322 g/mol. The summed E-state index contributed by atoms with van der Waals surface area (Å²) in [4.78, 5) is 11.9. The minimum Gasteiger partial charge on any atom is -0.478 e. The molecule has 3 N–H and O–H groups in total. The van der Waals surface area contributed by atoms with Crippen LogP contribution >= 0.6 is 23.2 Å². The number of rotatable bonds is 3. The third-order valence-corrected chi connectivity index (χ3v) is 3.64. The molecule has 0 aliphatic heterocycles. The first-order chi connectivity index (χ1) is 10.1. The van der Waals surface area contributed by atoms with Crippen molar-refractivity contribution >= 4 is 40.1 Å². The molecule has 0 saturated carbocycles. The van der Waals surface area contributed by atoms with E-state index in [9.17, 15) is 0 Å². The Balaban J connectivity index is 2.15. The number of anilines is 1. The number of ether oxygens (including phenoxy) is 1. The number of pyridine rings is 1. The molecule has 5 nitrogen and oxygen atoms in total. The van der Waals surface area contributed by atoms with Gasteiger partial charge < -0.3 is 15.5 Å². The van der Waals surface area contributed by atoms with Gasteiger partial charge in [-0.15, -0.1) is 0 Å². The third-order valence-electron chi connectivity index (χ3n) is 2.99. The van der Waals surface area contributed by atoms with Gasteiger partial charge in [0.1, 0.15) is 5.82 Å². The van der Waals surface area contributed by atoms with E-state index >= 15 is 0 Å². The summed E-state index contributed by atoms with van der Waals surface area (Å²) in [5.41, 5.74) is 8.25. The first-order valence-electron chi connectivity index (χ1n) is 6.33. The Labute approximate surface area is 131 Å². The molecule has 1 aromatic carbocycles. The zero-order valence-electron chi connectivity index (χ0n) is 11.2. The van der Waals surface area contributed by atoms with Crippen molar-refractivity contribution in [3.8, 4) is 17.3 Å². The minimum absolute atomic E-state index is 0.383. The number of imidazole rings is 1. The molecular formula is C14H12Cl2N4O. The summed E-state index contributed by atoms with van der Waals surface area (Å²) in [6, 6.07) is 6.95. The number of aromatic amines is 1. The van der Waals surface area contributed by atoms with Gasteiger partial charge in [0.2, 0.25) is 5.88 Å². The van der Waals surface area contributed by atoms with Gasteiger partial charge in [0.25, 0.3) is 0 Å². The van der Waals surface area contributed by atoms with Gasteiger partial charge in [-0.3, -0.25) is 0 Å². The molecule has 0 atom stereocenters. The Hall–Kier alpha value is -1.98. The van der Waals surface area contributed by atoms with Gasteiger partial charge in [0.05, 0.1) is 33.4 Å². The van der Waals surface area contributed by atoms with Crippen LogP contribution in [0.5, 0.6) is 5.88 Å². The summed E-state index contributed by atoms with van der Waals surface area (Å²) in [7, 11) is 0. The highest BCUT2D eigenvalue weighted by Crippen LogP contribution is 2.36. The Morgan fingerprint density at radius 2 is 1.90 bits per heavy atom. The average Bonchev–Trinajstić information content (AvgIpc) is 2.86. The SMILES string of the molecule is CCOc1ccc2[nH]c(-c3c(Cl)ccc(Cl)c3N)nc2n1. The zero-order chi connectivity index (χ0) is 15.0. The second kappa shape index (κ2) is 5.42. The molecule has 108 valence electrons. The van der Waals surface area contributed by atoms with Crippen LogP contribution in [-0.2, 0) is 0 Å². The Morgan fingerprint density at radius 3 is 2.67 bits per heavy atom.